The number of carbonyl (C=O) groups excluding carboxylic acids is 1. The van der Waals surface area contributed by atoms with E-state index < -0.39 is 0 Å². The Morgan fingerprint density at radius 3 is 2.80 bits per heavy atom. The molecule has 7 nitrogen and oxygen atoms in total. The van der Waals surface area contributed by atoms with Gasteiger partial charge in [0, 0.05) is 11.9 Å². The molecule has 0 bridgehead atoms. The summed E-state index contributed by atoms with van der Waals surface area (Å²) in [5.41, 5.74) is 0.899. The van der Waals surface area contributed by atoms with Gasteiger partial charge in [-0.2, -0.15) is 0 Å². The lowest BCUT2D eigenvalue weighted by Gasteiger charge is -2.23. The molecule has 3 aromatic rings. The second-order valence-corrected chi connectivity index (χ2v) is 9.83. The minimum Gasteiger partial charge on any atom is -0.305 e. The Balaban J connectivity index is 1.64. The molecule has 30 heavy (non-hydrogen) atoms. The fourth-order valence-electron chi connectivity index (χ4n) is 3.11. The number of carbonyl (C=O) groups is 1. The molecule has 0 spiro atoms. The molecule has 3 rings (SSSR count). The maximum atomic E-state index is 12.5. The first kappa shape index (κ1) is 22.9. The number of thiophene rings is 1. The van der Waals surface area contributed by atoms with Gasteiger partial charge in [0.05, 0.1) is 22.4 Å². The number of anilines is 1. The first-order chi connectivity index (χ1) is 14.5. The molecule has 162 valence electrons. The second kappa shape index (κ2) is 11.0. The third-order valence-corrected chi connectivity index (χ3v) is 7.26. The smallest absolute Gasteiger partial charge is 0.236 e. The maximum Gasteiger partial charge on any atom is 0.236 e. The molecule has 0 aliphatic heterocycles. The van der Waals surface area contributed by atoms with Gasteiger partial charge in [-0.05, 0) is 38.4 Å². The highest BCUT2D eigenvalue weighted by Gasteiger charge is 2.22. The number of nitrogens with one attached hydrogen (secondary N) is 1. The lowest BCUT2D eigenvalue weighted by Crippen LogP contribution is -2.23. The Bertz CT molecular complexity index is 934. The number of hydrogen-bond acceptors (Lipinski definition) is 8. The van der Waals surface area contributed by atoms with Gasteiger partial charge in [0.15, 0.2) is 16.1 Å². The van der Waals surface area contributed by atoms with Gasteiger partial charge >= 0.3 is 0 Å². The summed E-state index contributed by atoms with van der Waals surface area (Å²) in [6.07, 6.45) is 3.11. The zero-order valence-electron chi connectivity index (χ0n) is 17.8. The highest BCUT2D eigenvalue weighted by Crippen LogP contribution is 2.29. The molecule has 10 heteroatoms. The number of unbranched alkanes of at least 4 members (excludes halogenated alkanes) is 1. The van der Waals surface area contributed by atoms with Crippen LogP contribution in [0.25, 0.3) is 10.6 Å². The van der Waals surface area contributed by atoms with E-state index in [2.05, 4.69) is 57.9 Å². The van der Waals surface area contributed by atoms with Crippen LogP contribution in [0.15, 0.2) is 28.0 Å². The van der Waals surface area contributed by atoms with Crippen LogP contribution in [-0.4, -0.2) is 50.4 Å². The van der Waals surface area contributed by atoms with E-state index in [-0.39, 0.29) is 17.7 Å². The number of thiazole rings is 1. The molecule has 0 saturated heterocycles. The monoisotopic (exact) mass is 464 g/mol. The van der Waals surface area contributed by atoms with Crippen LogP contribution >= 0.6 is 34.4 Å². The highest BCUT2D eigenvalue weighted by molar-refractivity contribution is 7.99. The summed E-state index contributed by atoms with van der Waals surface area (Å²) in [4.78, 5) is 20.3. The average molecular weight is 465 g/mol. The Hall–Kier alpha value is -1.75. The summed E-state index contributed by atoms with van der Waals surface area (Å²) in [6, 6.07) is 4.24. The minimum atomic E-state index is -0.0849. The van der Waals surface area contributed by atoms with Crippen molar-refractivity contribution in [3.05, 3.63) is 28.7 Å². The average Bonchev–Trinajstić information content (AvgIpc) is 3.46. The normalized spacial score (nSPS) is 12.4. The van der Waals surface area contributed by atoms with Crippen molar-refractivity contribution in [2.24, 2.45) is 0 Å². The second-order valence-electron chi connectivity index (χ2n) is 7.09. The fraction of sp³-hybridized carbons (Fsp3) is 0.500. The first-order valence-electron chi connectivity index (χ1n) is 10.0. The number of thioether (sulfide) groups is 1. The van der Waals surface area contributed by atoms with Gasteiger partial charge in [-0.15, -0.1) is 32.9 Å². The fourth-order valence-corrected chi connectivity index (χ4v) is 5.37. The molecule has 0 aliphatic rings. The third kappa shape index (κ3) is 5.69. The quantitative estimate of drug-likeness (QED) is 0.402. The molecular formula is C20H28N6OS3. The van der Waals surface area contributed by atoms with Gasteiger partial charge in [0.25, 0.3) is 0 Å². The lowest BCUT2D eigenvalue weighted by atomic mass is 10.2. The SMILES string of the molecule is CCCCn1c(SCC(=O)Nc2nc(-c3cccs3)cs2)nnc1C(CC)N(C)C. The van der Waals surface area contributed by atoms with Crippen LogP contribution in [-0.2, 0) is 11.3 Å². The van der Waals surface area contributed by atoms with E-state index in [9.17, 15) is 4.79 Å². The number of nitrogens with zero attached hydrogens (tertiary/aromatic N) is 5. The van der Waals surface area contributed by atoms with Crippen LogP contribution in [0.3, 0.4) is 0 Å². The Kier molecular flexibility index (Phi) is 8.43. The summed E-state index contributed by atoms with van der Waals surface area (Å²) >= 11 is 4.51. The van der Waals surface area contributed by atoms with Crippen molar-refractivity contribution in [1.29, 1.82) is 0 Å². The summed E-state index contributed by atoms with van der Waals surface area (Å²) in [7, 11) is 4.12. The van der Waals surface area contributed by atoms with Crippen molar-refractivity contribution in [2.75, 3.05) is 25.2 Å². The van der Waals surface area contributed by atoms with E-state index in [4.69, 9.17) is 0 Å². The van der Waals surface area contributed by atoms with Crippen LogP contribution < -0.4 is 5.32 Å². The molecule has 0 saturated carbocycles. The van der Waals surface area contributed by atoms with Crippen LogP contribution in [0.4, 0.5) is 5.13 Å². The van der Waals surface area contributed by atoms with Crippen molar-refractivity contribution < 1.29 is 4.79 Å². The van der Waals surface area contributed by atoms with E-state index >= 15 is 0 Å². The molecule has 0 aromatic carbocycles. The van der Waals surface area contributed by atoms with E-state index in [0.29, 0.717) is 5.13 Å². The topological polar surface area (TPSA) is 75.9 Å². The Morgan fingerprint density at radius 2 is 2.13 bits per heavy atom. The predicted molar refractivity (Wildman–Crippen MR) is 126 cm³/mol. The lowest BCUT2D eigenvalue weighted by molar-refractivity contribution is -0.113. The molecule has 3 heterocycles. The molecule has 1 amide bonds. The zero-order valence-corrected chi connectivity index (χ0v) is 20.2. The number of hydrogen-bond donors (Lipinski definition) is 1. The van der Waals surface area contributed by atoms with Gasteiger partial charge in [0.1, 0.15) is 0 Å². The first-order valence-corrected chi connectivity index (χ1v) is 12.8. The summed E-state index contributed by atoms with van der Waals surface area (Å²) in [5.74, 6) is 1.16. The molecule has 0 radical (unpaired) electrons. The van der Waals surface area contributed by atoms with Crippen molar-refractivity contribution in [3.8, 4) is 10.6 Å². The predicted octanol–water partition coefficient (Wildman–Crippen LogP) is 5.01. The summed E-state index contributed by atoms with van der Waals surface area (Å²) in [6.45, 7) is 5.19. The van der Waals surface area contributed by atoms with E-state index in [1.165, 1.54) is 23.1 Å². The van der Waals surface area contributed by atoms with Crippen molar-refractivity contribution >= 4 is 45.5 Å². The van der Waals surface area contributed by atoms with Gasteiger partial charge in [-0.25, -0.2) is 4.98 Å². The third-order valence-electron chi connectivity index (χ3n) is 4.65. The van der Waals surface area contributed by atoms with Gasteiger partial charge in [0.2, 0.25) is 5.91 Å². The van der Waals surface area contributed by atoms with Gasteiger partial charge in [-0.3, -0.25) is 9.69 Å². The van der Waals surface area contributed by atoms with Gasteiger partial charge in [-0.1, -0.05) is 38.1 Å². The zero-order chi connectivity index (χ0) is 21.5. The number of amides is 1. The van der Waals surface area contributed by atoms with Crippen LogP contribution in [0, 0.1) is 0 Å². The molecular weight excluding hydrogens is 436 g/mol. The number of rotatable bonds is 11. The molecule has 3 aromatic heterocycles. The van der Waals surface area contributed by atoms with Crippen LogP contribution in [0.2, 0.25) is 0 Å². The Morgan fingerprint density at radius 1 is 1.30 bits per heavy atom. The number of aromatic nitrogens is 4. The molecule has 0 fully saturated rings. The van der Waals surface area contributed by atoms with Crippen molar-refractivity contribution in [2.45, 2.75) is 50.9 Å². The van der Waals surface area contributed by atoms with Crippen LogP contribution in [0.5, 0.6) is 0 Å². The van der Waals surface area contributed by atoms with E-state index in [0.717, 1.165) is 47.4 Å². The largest absolute Gasteiger partial charge is 0.305 e. The van der Waals surface area contributed by atoms with Crippen LogP contribution in [0.1, 0.15) is 45.0 Å². The molecule has 0 aliphatic carbocycles. The maximum absolute atomic E-state index is 12.5. The summed E-state index contributed by atoms with van der Waals surface area (Å²) < 4.78 is 2.17. The van der Waals surface area contributed by atoms with E-state index in [1.54, 1.807) is 11.3 Å². The minimum absolute atomic E-state index is 0.0849. The highest BCUT2D eigenvalue weighted by atomic mass is 32.2. The van der Waals surface area contributed by atoms with E-state index in [1.807, 2.05) is 22.9 Å². The molecule has 1 N–H and O–H groups in total. The molecule has 1 atom stereocenters. The van der Waals surface area contributed by atoms with Crippen molar-refractivity contribution in [1.82, 2.24) is 24.6 Å². The summed E-state index contributed by atoms with van der Waals surface area (Å²) in [5, 5.41) is 17.2. The van der Waals surface area contributed by atoms with Gasteiger partial charge < -0.3 is 9.88 Å². The standard InChI is InChI=1S/C20H28N6OS3/c1-5-7-10-26-18(15(6-2)25(3)4)23-24-20(26)30-13-17(27)22-19-21-14(12-29-19)16-9-8-11-28-16/h8-9,11-12,15H,5-7,10,13H2,1-4H3,(H,21,22,27). The Labute approximate surface area is 189 Å². The molecule has 1 unspecified atom stereocenters. The van der Waals surface area contributed by atoms with Crippen molar-refractivity contribution in [3.63, 3.8) is 0 Å².